The molecule has 0 aromatic carbocycles. The van der Waals surface area contributed by atoms with Crippen LogP contribution < -0.4 is 0 Å². The van der Waals surface area contributed by atoms with Gasteiger partial charge in [-0.1, -0.05) is 27.7 Å². The Hall–Kier alpha value is -2.50. The van der Waals surface area contributed by atoms with Crippen LogP contribution in [0.3, 0.4) is 0 Å². The molecule has 1 unspecified atom stereocenters. The predicted molar refractivity (Wildman–Crippen MR) is 141 cm³/mol. The summed E-state index contributed by atoms with van der Waals surface area (Å²) in [6.45, 7) is 15.0. The average molecular weight is 594 g/mol. The molecule has 0 radical (unpaired) electrons. The SMILES string of the molecule is CC(C)CC(=O)OC1C[C@H](P(=O)(OCOC(=O)C(C)(C)C)OCOC(=O)C(C)(C)C)C(=O)N1OC(=O)CC(C)C. The van der Waals surface area contributed by atoms with Gasteiger partial charge in [-0.2, -0.15) is 0 Å². The topological polar surface area (TPSA) is 161 Å². The van der Waals surface area contributed by atoms with Gasteiger partial charge in [0, 0.05) is 12.8 Å². The first-order valence-corrected chi connectivity index (χ1v) is 14.7. The quantitative estimate of drug-likeness (QED) is 0.129. The molecule has 0 spiro atoms. The Morgan fingerprint density at radius 1 is 0.825 bits per heavy atom. The summed E-state index contributed by atoms with van der Waals surface area (Å²) < 4.78 is 40.1. The fourth-order valence-electron chi connectivity index (χ4n) is 3.11. The Kier molecular flexibility index (Phi) is 12.8. The van der Waals surface area contributed by atoms with E-state index >= 15 is 0 Å². The fraction of sp³-hybridized carbons (Fsp3) is 0.808. The molecule has 2 atom stereocenters. The van der Waals surface area contributed by atoms with E-state index in [0.29, 0.717) is 5.06 Å². The van der Waals surface area contributed by atoms with Crippen LogP contribution in [0.5, 0.6) is 0 Å². The number of nitrogens with zero attached hydrogens (tertiary/aromatic N) is 1. The summed E-state index contributed by atoms with van der Waals surface area (Å²) in [5.41, 5.74) is -3.45. The third kappa shape index (κ3) is 11.2. The standard InChI is InChI=1S/C26H44NO12P/c1-16(2)11-20(28)38-19-13-18(22(30)27(19)39-21(29)12-17(3)4)40(33,36-14-34-23(31)25(5,6)7)37-15-35-24(32)26(8,9)10/h16-19H,11-15H2,1-10H3/t18-,19?/m0/s1. The second-order valence-corrected chi connectivity index (χ2v) is 14.6. The third-order valence-corrected chi connectivity index (χ3v) is 7.38. The van der Waals surface area contributed by atoms with Crippen LogP contribution in [0.15, 0.2) is 0 Å². The second kappa shape index (κ2) is 14.4. The van der Waals surface area contributed by atoms with Gasteiger partial charge < -0.3 is 19.0 Å². The molecule has 13 nitrogen and oxygen atoms in total. The van der Waals surface area contributed by atoms with E-state index in [-0.39, 0.29) is 24.7 Å². The van der Waals surface area contributed by atoms with Crippen LogP contribution in [0.2, 0.25) is 0 Å². The molecule has 40 heavy (non-hydrogen) atoms. The van der Waals surface area contributed by atoms with Crippen LogP contribution in [-0.2, 0) is 56.6 Å². The molecule has 230 valence electrons. The Balaban J connectivity index is 3.27. The van der Waals surface area contributed by atoms with Crippen molar-refractivity contribution in [3.8, 4) is 0 Å². The van der Waals surface area contributed by atoms with Crippen molar-refractivity contribution in [1.82, 2.24) is 5.06 Å². The molecule has 14 heteroatoms. The van der Waals surface area contributed by atoms with Gasteiger partial charge in [-0.15, -0.1) is 5.06 Å². The zero-order valence-electron chi connectivity index (χ0n) is 25.1. The Bertz CT molecular complexity index is 943. The molecular weight excluding hydrogens is 549 g/mol. The molecule has 1 amide bonds. The van der Waals surface area contributed by atoms with Gasteiger partial charge in [-0.05, 0) is 53.4 Å². The van der Waals surface area contributed by atoms with Crippen molar-refractivity contribution in [1.29, 1.82) is 0 Å². The molecule has 0 aromatic heterocycles. The van der Waals surface area contributed by atoms with E-state index in [4.69, 9.17) is 28.1 Å². The monoisotopic (exact) mass is 593 g/mol. The van der Waals surface area contributed by atoms with E-state index in [0.717, 1.165) is 0 Å². The minimum atomic E-state index is -4.59. The van der Waals surface area contributed by atoms with Crippen molar-refractivity contribution in [3.63, 3.8) is 0 Å². The van der Waals surface area contributed by atoms with Gasteiger partial charge in [0.15, 0.2) is 0 Å². The highest BCUT2D eigenvalue weighted by Crippen LogP contribution is 2.57. The Labute approximate surface area is 236 Å². The lowest BCUT2D eigenvalue weighted by atomic mass is 9.98. The Morgan fingerprint density at radius 3 is 1.65 bits per heavy atom. The molecule has 1 fully saturated rings. The lowest BCUT2D eigenvalue weighted by molar-refractivity contribution is -0.228. The number of hydroxylamine groups is 2. The maximum absolute atomic E-state index is 14.0. The summed E-state index contributed by atoms with van der Waals surface area (Å²) in [4.78, 5) is 67.8. The highest BCUT2D eigenvalue weighted by Gasteiger charge is 2.55. The number of hydrogen-bond donors (Lipinski definition) is 0. The second-order valence-electron chi connectivity index (χ2n) is 12.4. The van der Waals surface area contributed by atoms with E-state index in [9.17, 15) is 28.5 Å². The van der Waals surface area contributed by atoms with Crippen molar-refractivity contribution < 1.29 is 56.6 Å². The smallest absolute Gasteiger partial charge is 0.349 e. The number of esters is 3. The van der Waals surface area contributed by atoms with Crippen LogP contribution in [0.1, 0.15) is 88.5 Å². The van der Waals surface area contributed by atoms with Gasteiger partial charge in [0.25, 0.3) is 5.91 Å². The molecule has 1 aliphatic rings. The molecule has 0 saturated carbocycles. The van der Waals surface area contributed by atoms with E-state index in [1.165, 1.54) is 0 Å². The van der Waals surface area contributed by atoms with Crippen molar-refractivity contribution in [3.05, 3.63) is 0 Å². The summed E-state index contributed by atoms with van der Waals surface area (Å²) in [6.07, 6.45) is -1.89. The van der Waals surface area contributed by atoms with Gasteiger partial charge in [0.05, 0.1) is 17.3 Å². The van der Waals surface area contributed by atoms with Crippen molar-refractivity contribution in [2.24, 2.45) is 22.7 Å². The first kappa shape index (κ1) is 35.5. The molecular formula is C26H44NO12P. The van der Waals surface area contributed by atoms with Crippen LogP contribution >= 0.6 is 7.60 Å². The van der Waals surface area contributed by atoms with Crippen molar-refractivity contribution >= 4 is 37.4 Å². The summed E-state index contributed by atoms with van der Waals surface area (Å²) in [7, 11) is -4.59. The highest BCUT2D eigenvalue weighted by atomic mass is 31.2. The zero-order chi connectivity index (χ0) is 31.1. The van der Waals surface area contributed by atoms with Gasteiger partial charge in [0.2, 0.25) is 19.8 Å². The number of ether oxygens (including phenoxy) is 3. The van der Waals surface area contributed by atoms with Crippen LogP contribution in [0, 0.1) is 22.7 Å². The average Bonchev–Trinajstić information content (AvgIpc) is 3.06. The third-order valence-electron chi connectivity index (χ3n) is 5.26. The first-order valence-electron chi connectivity index (χ1n) is 13.1. The van der Waals surface area contributed by atoms with Gasteiger partial charge >= 0.3 is 31.5 Å². The predicted octanol–water partition coefficient (Wildman–Crippen LogP) is 4.33. The van der Waals surface area contributed by atoms with Gasteiger partial charge in [0.1, 0.15) is 5.66 Å². The molecule has 0 aromatic rings. The first-order chi connectivity index (χ1) is 18.2. The number of carbonyl (C=O) groups excluding carboxylic acids is 5. The number of rotatable bonds is 13. The molecule has 0 aliphatic carbocycles. The highest BCUT2D eigenvalue weighted by molar-refractivity contribution is 7.55. The molecule has 0 bridgehead atoms. The van der Waals surface area contributed by atoms with E-state index < -0.39 is 80.1 Å². The molecule has 1 heterocycles. The van der Waals surface area contributed by atoms with Crippen LogP contribution in [0.25, 0.3) is 0 Å². The van der Waals surface area contributed by atoms with Crippen molar-refractivity contribution in [2.75, 3.05) is 13.6 Å². The van der Waals surface area contributed by atoms with Gasteiger partial charge in [-0.3, -0.25) is 32.8 Å². The fourth-order valence-corrected chi connectivity index (χ4v) is 4.77. The largest absolute Gasteiger partial charge is 0.438 e. The molecule has 1 rings (SSSR count). The molecule has 1 aliphatic heterocycles. The normalized spacial score (nSPS) is 18.2. The Morgan fingerprint density at radius 2 is 1.25 bits per heavy atom. The number of hydrogen-bond acceptors (Lipinski definition) is 12. The van der Waals surface area contributed by atoms with Crippen LogP contribution in [0.4, 0.5) is 0 Å². The maximum Gasteiger partial charge on any atom is 0.349 e. The summed E-state index contributed by atoms with van der Waals surface area (Å²) in [5, 5.41) is 0.551. The number of amides is 1. The minimum absolute atomic E-state index is 0.0132. The lowest BCUT2D eigenvalue weighted by Crippen LogP contribution is -2.39. The van der Waals surface area contributed by atoms with E-state index in [1.54, 1.807) is 69.2 Å². The lowest BCUT2D eigenvalue weighted by Gasteiger charge is -2.24. The molecule has 1 saturated heterocycles. The molecule has 0 N–H and O–H groups in total. The van der Waals surface area contributed by atoms with Crippen LogP contribution in [-0.4, -0.2) is 60.3 Å². The summed E-state index contributed by atoms with van der Waals surface area (Å²) >= 11 is 0. The van der Waals surface area contributed by atoms with E-state index in [1.807, 2.05) is 0 Å². The zero-order valence-corrected chi connectivity index (χ0v) is 26.0. The van der Waals surface area contributed by atoms with Crippen molar-refractivity contribution in [2.45, 2.75) is 100 Å². The number of carbonyl (C=O) groups is 5. The van der Waals surface area contributed by atoms with Gasteiger partial charge in [-0.25, -0.2) is 4.79 Å². The van der Waals surface area contributed by atoms with E-state index in [2.05, 4.69) is 0 Å². The minimum Gasteiger partial charge on any atom is -0.438 e. The summed E-state index contributed by atoms with van der Waals surface area (Å²) in [6, 6.07) is 0. The maximum atomic E-state index is 14.0. The summed E-state index contributed by atoms with van der Waals surface area (Å²) in [5.74, 6) is -3.99.